The highest BCUT2D eigenvalue weighted by Gasteiger charge is 2.27. The Bertz CT molecular complexity index is 1060. The Labute approximate surface area is 214 Å². The lowest BCUT2D eigenvalue weighted by atomic mass is 9.80. The first-order chi connectivity index (χ1) is 17.4. The predicted molar refractivity (Wildman–Crippen MR) is 141 cm³/mol. The maximum Gasteiger partial charge on any atom is 0.306 e. The van der Waals surface area contributed by atoms with Crippen molar-refractivity contribution < 1.29 is 29.3 Å². The molecular formula is C30H40O6. The SMILES string of the molecule is CCCc1c(OCCCCCOc2ccc3c(c2CCC)CC(C(=O)O)CC3)ccc(C(C)=O)c1O. The normalized spacial score (nSPS) is 14.8. The van der Waals surface area contributed by atoms with Crippen molar-refractivity contribution in [2.75, 3.05) is 13.2 Å². The van der Waals surface area contributed by atoms with Crippen LogP contribution < -0.4 is 9.47 Å². The lowest BCUT2D eigenvalue weighted by Gasteiger charge is -2.26. The fourth-order valence-corrected chi connectivity index (χ4v) is 5.03. The van der Waals surface area contributed by atoms with Crippen LogP contribution in [-0.4, -0.2) is 35.2 Å². The summed E-state index contributed by atoms with van der Waals surface area (Å²) >= 11 is 0. The number of fused-ring (bicyclic) bond motifs is 1. The van der Waals surface area contributed by atoms with Crippen LogP contribution in [0.5, 0.6) is 17.2 Å². The molecule has 6 nitrogen and oxygen atoms in total. The average Bonchev–Trinajstić information content (AvgIpc) is 2.85. The molecule has 0 heterocycles. The molecule has 1 unspecified atom stereocenters. The van der Waals surface area contributed by atoms with Crippen molar-refractivity contribution in [1.29, 1.82) is 0 Å². The van der Waals surface area contributed by atoms with Gasteiger partial charge in [0.15, 0.2) is 5.78 Å². The fourth-order valence-electron chi connectivity index (χ4n) is 5.03. The highest BCUT2D eigenvalue weighted by molar-refractivity contribution is 5.97. The number of Topliss-reactive ketones (excluding diaryl/α,β-unsaturated/α-hetero) is 1. The van der Waals surface area contributed by atoms with Crippen molar-refractivity contribution in [3.63, 3.8) is 0 Å². The van der Waals surface area contributed by atoms with Crippen LogP contribution in [0.25, 0.3) is 0 Å². The number of ether oxygens (including phenoxy) is 2. The summed E-state index contributed by atoms with van der Waals surface area (Å²) in [6.45, 7) is 6.76. The molecule has 1 atom stereocenters. The zero-order valence-corrected chi connectivity index (χ0v) is 21.9. The van der Waals surface area contributed by atoms with Gasteiger partial charge in [0.2, 0.25) is 0 Å². The van der Waals surface area contributed by atoms with E-state index in [1.165, 1.54) is 23.6 Å². The number of hydrogen-bond acceptors (Lipinski definition) is 5. The van der Waals surface area contributed by atoms with E-state index in [1.54, 1.807) is 12.1 Å². The van der Waals surface area contributed by atoms with Gasteiger partial charge in [-0.1, -0.05) is 32.8 Å². The van der Waals surface area contributed by atoms with Crippen LogP contribution in [0.1, 0.15) is 91.9 Å². The number of aryl methyl sites for hydroxylation is 1. The second-order valence-electron chi connectivity index (χ2n) is 9.71. The van der Waals surface area contributed by atoms with Crippen LogP contribution in [0.2, 0.25) is 0 Å². The second kappa shape index (κ2) is 13.3. The fraction of sp³-hybridized carbons (Fsp3) is 0.533. The Hall–Kier alpha value is -3.02. The van der Waals surface area contributed by atoms with Crippen molar-refractivity contribution >= 4 is 11.8 Å². The maximum absolute atomic E-state index is 11.7. The number of phenols is 1. The first-order valence-corrected chi connectivity index (χ1v) is 13.3. The summed E-state index contributed by atoms with van der Waals surface area (Å²) in [5, 5.41) is 20.0. The lowest BCUT2D eigenvalue weighted by molar-refractivity contribution is -0.142. The highest BCUT2D eigenvalue weighted by Crippen LogP contribution is 2.35. The van der Waals surface area contributed by atoms with Gasteiger partial charge in [-0.05, 0) is 93.2 Å². The number of rotatable bonds is 14. The summed E-state index contributed by atoms with van der Waals surface area (Å²) in [6.07, 6.45) is 8.20. The molecule has 0 aromatic heterocycles. The standard InChI is InChI=1S/C30H40O6/c1-4-9-24-26-19-22(30(33)34)12-11-21(26)13-15-27(24)35-17-7-6-8-18-36-28-16-14-23(20(3)31)29(32)25(28)10-5-2/h13-16,22,32H,4-12,17-19H2,1-3H3,(H,33,34). The van der Waals surface area contributed by atoms with Crippen LogP contribution in [-0.2, 0) is 30.5 Å². The molecule has 1 aliphatic carbocycles. The molecule has 196 valence electrons. The van der Waals surface area contributed by atoms with Crippen LogP contribution in [0.4, 0.5) is 0 Å². The quantitative estimate of drug-likeness (QED) is 0.235. The molecule has 0 aliphatic heterocycles. The average molecular weight is 497 g/mol. The van der Waals surface area contributed by atoms with Gasteiger partial charge in [-0.15, -0.1) is 0 Å². The van der Waals surface area contributed by atoms with E-state index >= 15 is 0 Å². The number of carboxylic acid groups (broad SMARTS) is 1. The number of hydrogen-bond donors (Lipinski definition) is 2. The number of benzene rings is 2. The Kier molecular flexibility index (Phi) is 10.2. The molecule has 0 bridgehead atoms. The van der Waals surface area contributed by atoms with E-state index in [-0.39, 0.29) is 17.5 Å². The summed E-state index contributed by atoms with van der Waals surface area (Å²) in [7, 11) is 0. The number of unbranched alkanes of at least 4 members (excludes halogenated alkanes) is 2. The van der Waals surface area contributed by atoms with Crippen LogP contribution in [0.3, 0.4) is 0 Å². The molecule has 0 saturated carbocycles. The second-order valence-corrected chi connectivity index (χ2v) is 9.71. The zero-order chi connectivity index (χ0) is 26.1. The van der Waals surface area contributed by atoms with Gasteiger partial charge < -0.3 is 19.7 Å². The van der Waals surface area contributed by atoms with Gasteiger partial charge in [0.1, 0.15) is 17.2 Å². The van der Waals surface area contributed by atoms with Crippen molar-refractivity contribution in [3.8, 4) is 17.2 Å². The smallest absolute Gasteiger partial charge is 0.306 e. The molecule has 3 rings (SSSR count). The molecule has 0 fully saturated rings. The van der Waals surface area contributed by atoms with E-state index in [1.807, 2.05) is 6.92 Å². The third-order valence-electron chi connectivity index (χ3n) is 6.97. The van der Waals surface area contributed by atoms with E-state index in [0.29, 0.717) is 49.4 Å². The number of carbonyl (C=O) groups excluding carboxylic acids is 1. The topological polar surface area (TPSA) is 93.1 Å². The molecule has 1 aliphatic rings. The first kappa shape index (κ1) is 27.6. The van der Waals surface area contributed by atoms with E-state index in [2.05, 4.69) is 19.1 Å². The highest BCUT2D eigenvalue weighted by atomic mass is 16.5. The summed E-state index contributed by atoms with van der Waals surface area (Å²) in [6, 6.07) is 7.58. The van der Waals surface area contributed by atoms with Crippen LogP contribution in [0, 0.1) is 5.92 Å². The van der Waals surface area contributed by atoms with Crippen LogP contribution in [0.15, 0.2) is 24.3 Å². The van der Waals surface area contributed by atoms with Crippen molar-refractivity contribution in [3.05, 3.63) is 52.1 Å². The zero-order valence-electron chi connectivity index (χ0n) is 21.9. The number of ketones is 1. The Morgan fingerprint density at radius 1 is 0.917 bits per heavy atom. The molecule has 36 heavy (non-hydrogen) atoms. The minimum absolute atomic E-state index is 0.0397. The van der Waals surface area contributed by atoms with Gasteiger partial charge in [-0.2, -0.15) is 0 Å². The molecule has 6 heteroatoms. The minimum Gasteiger partial charge on any atom is -0.507 e. The number of carboxylic acids is 1. The summed E-state index contributed by atoms with van der Waals surface area (Å²) in [4.78, 5) is 23.3. The van der Waals surface area contributed by atoms with E-state index in [9.17, 15) is 19.8 Å². The van der Waals surface area contributed by atoms with Gasteiger partial charge in [0.25, 0.3) is 0 Å². The molecular weight excluding hydrogens is 456 g/mol. The van der Waals surface area contributed by atoms with Gasteiger partial charge in [0.05, 0.1) is 24.7 Å². The van der Waals surface area contributed by atoms with E-state index in [4.69, 9.17) is 9.47 Å². The van der Waals surface area contributed by atoms with E-state index in [0.717, 1.165) is 50.7 Å². The van der Waals surface area contributed by atoms with Gasteiger partial charge in [-0.25, -0.2) is 0 Å². The van der Waals surface area contributed by atoms with Crippen molar-refractivity contribution in [2.24, 2.45) is 5.92 Å². The molecule has 0 amide bonds. The molecule has 2 aromatic rings. The van der Waals surface area contributed by atoms with E-state index < -0.39 is 5.97 Å². The number of aromatic hydroxyl groups is 1. The summed E-state index contributed by atoms with van der Waals surface area (Å²) in [5.41, 5.74) is 4.68. The molecule has 0 radical (unpaired) electrons. The molecule has 2 aromatic carbocycles. The predicted octanol–water partition coefficient (Wildman–Crippen LogP) is 6.32. The number of phenolic OH excluding ortho intramolecular Hbond substituents is 1. The first-order valence-electron chi connectivity index (χ1n) is 13.3. The Morgan fingerprint density at radius 3 is 2.14 bits per heavy atom. The number of carbonyl (C=O) groups is 2. The third-order valence-corrected chi connectivity index (χ3v) is 6.97. The van der Waals surface area contributed by atoms with Gasteiger partial charge >= 0.3 is 5.97 Å². The molecule has 2 N–H and O–H groups in total. The largest absolute Gasteiger partial charge is 0.507 e. The molecule has 0 saturated heterocycles. The third kappa shape index (κ3) is 6.80. The lowest BCUT2D eigenvalue weighted by Crippen LogP contribution is -2.23. The maximum atomic E-state index is 11.7. The Balaban J connectivity index is 1.50. The summed E-state index contributed by atoms with van der Waals surface area (Å²) in [5.74, 6) is 0.416. The van der Waals surface area contributed by atoms with Crippen LogP contribution >= 0.6 is 0 Å². The summed E-state index contributed by atoms with van der Waals surface area (Å²) < 4.78 is 12.1. The Morgan fingerprint density at radius 2 is 1.53 bits per heavy atom. The van der Waals surface area contributed by atoms with Crippen molar-refractivity contribution in [1.82, 2.24) is 0 Å². The number of aliphatic carboxylic acids is 1. The monoisotopic (exact) mass is 496 g/mol. The van der Waals surface area contributed by atoms with Gasteiger partial charge in [-0.3, -0.25) is 9.59 Å². The van der Waals surface area contributed by atoms with Gasteiger partial charge in [0, 0.05) is 5.56 Å². The van der Waals surface area contributed by atoms with Crippen molar-refractivity contribution in [2.45, 2.75) is 85.0 Å². The minimum atomic E-state index is -0.705. The molecule has 0 spiro atoms.